The van der Waals surface area contributed by atoms with Crippen molar-refractivity contribution in [1.29, 1.82) is 0 Å². The summed E-state index contributed by atoms with van der Waals surface area (Å²) in [6, 6.07) is 7.41. The number of ether oxygens (including phenoxy) is 1. The number of carbonyl (C=O) groups excluding carboxylic acids is 2. The lowest BCUT2D eigenvalue weighted by Crippen LogP contribution is -2.41. The summed E-state index contributed by atoms with van der Waals surface area (Å²) >= 11 is 0. The first-order chi connectivity index (χ1) is 11.2. The van der Waals surface area contributed by atoms with Crippen LogP contribution in [0.15, 0.2) is 40.9 Å². The first kappa shape index (κ1) is 15.5. The molecule has 0 saturated heterocycles. The molecule has 5 heteroatoms. The van der Waals surface area contributed by atoms with Crippen molar-refractivity contribution >= 4 is 17.9 Å². The van der Waals surface area contributed by atoms with E-state index in [9.17, 15) is 9.59 Å². The highest BCUT2D eigenvalue weighted by molar-refractivity contribution is 6.21. The maximum atomic E-state index is 12.5. The second kappa shape index (κ2) is 6.77. The standard InChI is InChI=1S/C18H20N2O3/c1-23-13-8-6-12(7-9-13)10-20-18(22)15-11-19-16-5-3-2-4-14(16)17(15)21/h4,6-9,11,15-16H,2-3,5,10H2,1H3,(H,20,22). The number of carbonyl (C=O) groups is 2. The molecule has 0 radical (unpaired) electrons. The predicted molar refractivity (Wildman–Crippen MR) is 87.6 cm³/mol. The van der Waals surface area contributed by atoms with Gasteiger partial charge in [0.1, 0.15) is 11.7 Å². The van der Waals surface area contributed by atoms with E-state index in [1.165, 1.54) is 6.21 Å². The minimum Gasteiger partial charge on any atom is -0.497 e. The number of fused-ring (bicyclic) bond motifs is 1. The third-order valence-corrected chi connectivity index (χ3v) is 4.30. The molecule has 2 unspecified atom stereocenters. The first-order valence-electron chi connectivity index (χ1n) is 7.87. The van der Waals surface area contributed by atoms with Crippen molar-refractivity contribution in [3.8, 4) is 5.75 Å². The van der Waals surface area contributed by atoms with Gasteiger partial charge in [0, 0.05) is 18.3 Å². The van der Waals surface area contributed by atoms with Crippen LogP contribution in [0.4, 0.5) is 0 Å². The SMILES string of the molecule is COc1ccc(CNC(=O)C2C=NC3CCCC=C3C2=O)cc1. The molecule has 1 amide bonds. The fraction of sp³-hybridized carbons (Fsp3) is 0.389. The Bertz CT molecular complexity index is 661. The smallest absolute Gasteiger partial charge is 0.236 e. The molecule has 1 aliphatic heterocycles. The topological polar surface area (TPSA) is 67.8 Å². The molecule has 0 bridgehead atoms. The number of allylic oxidation sites excluding steroid dienone is 1. The van der Waals surface area contributed by atoms with Crippen LogP contribution in [-0.2, 0) is 16.1 Å². The number of Topliss-reactive ketones (excluding diaryl/α,β-unsaturated/α-hetero) is 1. The largest absolute Gasteiger partial charge is 0.497 e. The van der Waals surface area contributed by atoms with Crippen molar-refractivity contribution in [1.82, 2.24) is 5.32 Å². The van der Waals surface area contributed by atoms with Crippen LogP contribution in [0.3, 0.4) is 0 Å². The van der Waals surface area contributed by atoms with E-state index in [0.717, 1.165) is 30.6 Å². The van der Waals surface area contributed by atoms with E-state index < -0.39 is 5.92 Å². The average molecular weight is 312 g/mol. The summed E-state index contributed by atoms with van der Waals surface area (Å²) in [5.74, 6) is -0.421. The Morgan fingerprint density at radius 2 is 2.13 bits per heavy atom. The van der Waals surface area contributed by atoms with E-state index in [1.54, 1.807) is 7.11 Å². The summed E-state index contributed by atoms with van der Waals surface area (Å²) in [5, 5.41) is 2.81. The molecule has 3 rings (SSSR count). The Balaban J connectivity index is 1.63. The Hall–Kier alpha value is -2.43. The van der Waals surface area contributed by atoms with Gasteiger partial charge in [-0.25, -0.2) is 0 Å². The van der Waals surface area contributed by atoms with E-state index in [0.29, 0.717) is 12.1 Å². The fourth-order valence-electron chi connectivity index (χ4n) is 2.95. The van der Waals surface area contributed by atoms with Gasteiger partial charge in [-0.05, 0) is 37.0 Å². The second-order valence-corrected chi connectivity index (χ2v) is 5.81. The Morgan fingerprint density at radius 3 is 2.87 bits per heavy atom. The molecular formula is C18H20N2O3. The molecular weight excluding hydrogens is 292 g/mol. The number of rotatable bonds is 4. The van der Waals surface area contributed by atoms with Crippen LogP contribution < -0.4 is 10.1 Å². The van der Waals surface area contributed by atoms with E-state index in [-0.39, 0.29) is 17.7 Å². The summed E-state index contributed by atoms with van der Waals surface area (Å²) < 4.78 is 5.10. The van der Waals surface area contributed by atoms with Gasteiger partial charge >= 0.3 is 0 Å². The van der Waals surface area contributed by atoms with Crippen molar-refractivity contribution in [2.45, 2.75) is 31.8 Å². The van der Waals surface area contributed by atoms with Gasteiger partial charge in [-0.2, -0.15) is 0 Å². The maximum absolute atomic E-state index is 12.5. The van der Waals surface area contributed by atoms with Crippen molar-refractivity contribution in [2.24, 2.45) is 10.9 Å². The van der Waals surface area contributed by atoms with Gasteiger partial charge < -0.3 is 10.1 Å². The van der Waals surface area contributed by atoms with Crippen LogP contribution in [0, 0.1) is 5.92 Å². The second-order valence-electron chi connectivity index (χ2n) is 5.81. The molecule has 0 saturated carbocycles. The van der Waals surface area contributed by atoms with Gasteiger partial charge in [-0.1, -0.05) is 18.2 Å². The summed E-state index contributed by atoms with van der Waals surface area (Å²) in [6.45, 7) is 0.378. The summed E-state index contributed by atoms with van der Waals surface area (Å²) in [5.41, 5.74) is 1.66. The van der Waals surface area contributed by atoms with Crippen molar-refractivity contribution in [3.63, 3.8) is 0 Å². The number of methoxy groups -OCH3 is 1. The van der Waals surface area contributed by atoms with Gasteiger partial charge in [0.2, 0.25) is 5.91 Å². The third kappa shape index (κ3) is 3.33. The van der Waals surface area contributed by atoms with Crippen LogP contribution in [0.5, 0.6) is 5.75 Å². The minimum atomic E-state index is -0.797. The number of benzene rings is 1. The van der Waals surface area contributed by atoms with E-state index in [2.05, 4.69) is 10.3 Å². The minimum absolute atomic E-state index is 0.0399. The maximum Gasteiger partial charge on any atom is 0.236 e. The number of hydrogen-bond acceptors (Lipinski definition) is 4. The molecule has 0 spiro atoms. The van der Waals surface area contributed by atoms with Crippen molar-refractivity contribution in [3.05, 3.63) is 41.5 Å². The molecule has 2 atom stereocenters. The molecule has 1 N–H and O–H groups in total. The van der Waals surface area contributed by atoms with E-state index >= 15 is 0 Å². The number of aliphatic imine (C=N–C) groups is 1. The van der Waals surface area contributed by atoms with Gasteiger partial charge in [-0.3, -0.25) is 14.6 Å². The Kier molecular flexibility index (Phi) is 4.55. The number of nitrogens with zero attached hydrogens (tertiary/aromatic N) is 1. The lowest BCUT2D eigenvalue weighted by atomic mass is 9.84. The summed E-state index contributed by atoms with van der Waals surface area (Å²) in [6.07, 6.45) is 6.30. The van der Waals surface area contributed by atoms with Gasteiger partial charge in [0.25, 0.3) is 0 Å². The molecule has 0 fully saturated rings. The summed E-state index contributed by atoms with van der Waals surface area (Å²) in [4.78, 5) is 29.2. The van der Waals surface area contributed by atoms with Crippen LogP contribution in [0.2, 0.25) is 0 Å². The highest BCUT2D eigenvalue weighted by atomic mass is 16.5. The predicted octanol–water partition coefficient (Wildman–Crippen LogP) is 2.06. The lowest BCUT2D eigenvalue weighted by molar-refractivity contribution is -0.129. The van der Waals surface area contributed by atoms with Crippen LogP contribution in [0.1, 0.15) is 24.8 Å². The van der Waals surface area contributed by atoms with Crippen LogP contribution >= 0.6 is 0 Å². The monoisotopic (exact) mass is 312 g/mol. The Morgan fingerprint density at radius 1 is 1.35 bits per heavy atom. The summed E-state index contributed by atoms with van der Waals surface area (Å²) in [7, 11) is 1.61. The molecule has 120 valence electrons. The average Bonchev–Trinajstić information content (AvgIpc) is 2.60. The number of nitrogens with one attached hydrogen (secondary N) is 1. The van der Waals surface area contributed by atoms with E-state index in [1.807, 2.05) is 30.3 Å². The van der Waals surface area contributed by atoms with Crippen LogP contribution in [-0.4, -0.2) is 31.1 Å². The zero-order valence-corrected chi connectivity index (χ0v) is 13.1. The first-order valence-corrected chi connectivity index (χ1v) is 7.87. The molecule has 0 aromatic heterocycles. The van der Waals surface area contributed by atoms with Gasteiger partial charge in [-0.15, -0.1) is 0 Å². The number of hydrogen-bond donors (Lipinski definition) is 1. The molecule has 1 heterocycles. The molecule has 23 heavy (non-hydrogen) atoms. The van der Waals surface area contributed by atoms with Crippen molar-refractivity contribution in [2.75, 3.05) is 7.11 Å². The Labute approximate surface area is 135 Å². The highest BCUT2D eigenvalue weighted by Gasteiger charge is 2.35. The number of ketones is 1. The van der Waals surface area contributed by atoms with Crippen LogP contribution in [0.25, 0.3) is 0 Å². The highest BCUT2D eigenvalue weighted by Crippen LogP contribution is 2.27. The van der Waals surface area contributed by atoms with Gasteiger partial charge in [0.15, 0.2) is 5.78 Å². The normalized spacial score (nSPS) is 23.0. The molecule has 1 aromatic rings. The molecule has 5 nitrogen and oxygen atoms in total. The number of amides is 1. The van der Waals surface area contributed by atoms with E-state index in [4.69, 9.17) is 4.74 Å². The quantitative estimate of drug-likeness (QED) is 0.865. The fourth-order valence-corrected chi connectivity index (χ4v) is 2.95. The zero-order chi connectivity index (χ0) is 16.2. The molecule has 2 aliphatic rings. The molecule has 1 aliphatic carbocycles. The van der Waals surface area contributed by atoms with Crippen molar-refractivity contribution < 1.29 is 14.3 Å². The molecule has 1 aromatic carbocycles. The van der Waals surface area contributed by atoms with Gasteiger partial charge in [0.05, 0.1) is 13.2 Å². The zero-order valence-electron chi connectivity index (χ0n) is 13.1. The lowest BCUT2D eigenvalue weighted by Gasteiger charge is -2.26. The third-order valence-electron chi connectivity index (χ3n) is 4.30.